The molecule has 1 aromatic heterocycles. The number of furan rings is 1. The lowest BCUT2D eigenvalue weighted by Gasteiger charge is -2.14. The van der Waals surface area contributed by atoms with Crippen LogP contribution in [-0.4, -0.2) is 59.6 Å². The molecule has 2 aromatic carbocycles. The number of hydrogen-bond acceptors (Lipinski definition) is 9. The van der Waals surface area contributed by atoms with E-state index in [1.807, 2.05) is 0 Å². The van der Waals surface area contributed by atoms with Crippen LogP contribution in [0.15, 0.2) is 34.7 Å². The van der Waals surface area contributed by atoms with Crippen molar-refractivity contribution in [2.24, 2.45) is 0 Å². The lowest BCUT2D eigenvalue weighted by molar-refractivity contribution is -0.137. The first-order chi connectivity index (χ1) is 18.2. The van der Waals surface area contributed by atoms with Gasteiger partial charge in [-0.15, -0.1) is 0 Å². The minimum Gasteiger partial charge on any atom is -0.481 e. The molecule has 12 heteroatoms. The Bertz CT molecular complexity index is 1270. The number of ether oxygens (including phenoxy) is 2. The molecule has 0 fully saturated rings. The Morgan fingerprint density at radius 1 is 0.846 bits per heavy atom. The standard InChI is InChI=1S/C26H28N2O10.CH4/c1-15(29)19-13-18-23(38-26(35)28-12-5-4-9-20(30)31)16-7-2-3-8-17(16)24(25(18)36-19)37-22(34)10-6-11-27-14-21(32)33;/h2-3,7-8,13,27H,4-6,9-12,14H2,1H3,(H,28,35)(H,30,31)(H,32,33);1H4. The van der Waals surface area contributed by atoms with Gasteiger partial charge in [0, 0.05) is 37.1 Å². The van der Waals surface area contributed by atoms with Gasteiger partial charge in [0.1, 0.15) is 0 Å². The molecule has 0 spiro atoms. The number of nitrogens with one attached hydrogen (secondary N) is 2. The fraction of sp³-hybridized carbons (Fsp3) is 0.370. The van der Waals surface area contributed by atoms with Crippen molar-refractivity contribution < 1.29 is 48.1 Å². The molecule has 0 saturated heterocycles. The topological polar surface area (TPSA) is 181 Å². The quantitative estimate of drug-likeness (QED) is 0.0991. The summed E-state index contributed by atoms with van der Waals surface area (Å²) >= 11 is 0. The number of carboxylic acids is 2. The van der Waals surface area contributed by atoms with Gasteiger partial charge in [0.25, 0.3) is 0 Å². The van der Waals surface area contributed by atoms with Crippen molar-refractivity contribution in [3.8, 4) is 11.5 Å². The van der Waals surface area contributed by atoms with E-state index in [-0.39, 0.29) is 67.4 Å². The zero-order chi connectivity index (χ0) is 27.7. The van der Waals surface area contributed by atoms with Gasteiger partial charge in [-0.25, -0.2) is 4.79 Å². The Kier molecular flexibility index (Phi) is 11.4. The second-order valence-corrected chi connectivity index (χ2v) is 8.43. The van der Waals surface area contributed by atoms with Crippen LogP contribution in [0.1, 0.15) is 57.0 Å². The number of carboxylic acid groups (broad SMARTS) is 2. The number of esters is 1. The van der Waals surface area contributed by atoms with Crippen LogP contribution < -0.4 is 20.1 Å². The van der Waals surface area contributed by atoms with Crippen molar-refractivity contribution in [3.05, 3.63) is 36.1 Å². The maximum absolute atomic E-state index is 12.6. The van der Waals surface area contributed by atoms with Gasteiger partial charge in [0.2, 0.25) is 0 Å². The first-order valence-electron chi connectivity index (χ1n) is 12.0. The zero-order valence-electron chi connectivity index (χ0n) is 20.7. The number of rotatable bonds is 14. The Hall–Kier alpha value is -4.45. The predicted octanol–water partition coefficient (Wildman–Crippen LogP) is 4.13. The van der Waals surface area contributed by atoms with Crippen LogP contribution in [0.25, 0.3) is 21.7 Å². The van der Waals surface area contributed by atoms with E-state index in [0.29, 0.717) is 36.6 Å². The van der Waals surface area contributed by atoms with Gasteiger partial charge in [-0.05, 0) is 31.9 Å². The third kappa shape index (κ3) is 8.54. The van der Waals surface area contributed by atoms with Gasteiger partial charge < -0.3 is 34.7 Å². The number of unbranched alkanes of at least 4 members (excludes halogenated alkanes) is 1. The first kappa shape index (κ1) is 30.8. The highest BCUT2D eigenvalue weighted by atomic mass is 16.6. The Morgan fingerprint density at radius 3 is 2.18 bits per heavy atom. The van der Waals surface area contributed by atoms with E-state index in [2.05, 4.69) is 10.6 Å². The van der Waals surface area contributed by atoms with E-state index in [0.717, 1.165) is 0 Å². The van der Waals surface area contributed by atoms with E-state index in [1.54, 1.807) is 24.3 Å². The van der Waals surface area contributed by atoms with Crippen molar-refractivity contribution in [2.75, 3.05) is 19.6 Å². The zero-order valence-corrected chi connectivity index (χ0v) is 20.7. The maximum Gasteiger partial charge on any atom is 0.412 e. The molecule has 0 aliphatic rings. The van der Waals surface area contributed by atoms with Crippen molar-refractivity contribution in [3.63, 3.8) is 0 Å². The summed E-state index contributed by atoms with van der Waals surface area (Å²) in [7, 11) is 0. The normalized spacial score (nSPS) is 10.6. The number of amides is 1. The average molecular weight is 545 g/mol. The van der Waals surface area contributed by atoms with Crippen LogP contribution in [0, 0.1) is 0 Å². The van der Waals surface area contributed by atoms with Gasteiger partial charge in [0.05, 0.1) is 11.9 Å². The molecule has 4 N–H and O–H groups in total. The average Bonchev–Trinajstić information content (AvgIpc) is 3.31. The lowest BCUT2D eigenvalue weighted by Crippen LogP contribution is -2.28. The molecule has 12 nitrogen and oxygen atoms in total. The van der Waals surface area contributed by atoms with Crippen molar-refractivity contribution >= 4 is 51.5 Å². The summed E-state index contributed by atoms with van der Waals surface area (Å²) in [4.78, 5) is 58.4. The summed E-state index contributed by atoms with van der Waals surface area (Å²) in [5, 5.41) is 23.7. The van der Waals surface area contributed by atoms with Gasteiger partial charge in [-0.3, -0.25) is 19.2 Å². The highest BCUT2D eigenvalue weighted by molar-refractivity contribution is 6.12. The number of benzene rings is 2. The van der Waals surface area contributed by atoms with E-state index >= 15 is 0 Å². The number of carbonyl (C=O) groups excluding carboxylic acids is 3. The molecule has 0 atom stereocenters. The van der Waals surface area contributed by atoms with Crippen LogP contribution in [0.3, 0.4) is 0 Å². The molecular formula is C27H32N2O10. The van der Waals surface area contributed by atoms with Gasteiger partial charge in [0.15, 0.2) is 28.6 Å². The third-order valence-electron chi connectivity index (χ3n) is 5.45. The molecular weight excluding hydrogens is 512 g/mol. The largest absolute Gasteiger partial charge is 0.481 e. The van der Waals surface area contributed by atoms with Crippen molar-refractivity contribution in [1.29, 1.82) is 0 Å². The minimum atomic E-state index is -1.00. The molecule has 0 radical (unpaired) electrons. The Morgan fingerprint density at radius 2 is 1.54 bits per heavy atom. The minimum absolute atomic E-state index is 0. The van der Waals surface area contributed by atoms with Crippen LogP contribution in [0.4, 0.5) is 4.79 Å². The maximum atomic E-state index is 12.6. The molecule has 3 aromatic rings. The Balaban J connectivity index is 0.00000533. The molecule has 0 saturated carbocycles. The highest BCUT2D eigenvalue weighted by Crippen LogP contribution is 2.44. The molecule has 3 rings (SSSR count). The summed E-state index contributed by atoms with van der Waals surface area (Å²) in [5.41, 5.74) is 0.0514. The second-order valence-electron chi connectivity index (χ2n) is 8.43. The Labute approximate surface area is 224 Å². The smallest absolute Gasteiger partial charge is 0.412 e. The molecule has 0 unspecified atom stereocenters. The molecule has 1 heterocycles. The summed E-state index contributed by atoms with van der Waals surface area (Å²) in [6.07, 6.45) is 0.365. The molecule has 0 aliphatic carbocycles. The summed E-state index contributed by atoms with van der Waals surface area (Å²) in [6, 6.07) is 8.13. The van der Waals surface area contributed by atoms with Crippen LogP contribution in [0.5, 0.6) is 11.5 Å². The van der Waals surface area contributed by atoms with Crippen LogP contribution in [-0.2, 0) is 14.4 Å². The molecule has 0 bridgehead atoms. The van der Waals surface area contributed by atoms with Crippen molar-refractivity contribution in [1.82, 2.24) is 10.6 Å². The number of fused-ring (bicyclic) bond motifs is 2. The van der Waals surface area contributed by atoms with Crippen LogP contribution >= 0.6 is 0 Å². The summed E-state index contributed by atoms with van der Waals surface area (Å²) in [6.45, 7) is 1.58. The number of aliphatic carboxylic acids is 2. The van der Waals surface area contributed by atoms with Gasteiger partial charge in [-0.1, -0.05) is 31.7 Å². The molecule has 210 valence electrons. The highest BCUT2D eigenvalue weighted by Gasteiger charge is 2.24. The van der Waals surface area contributed by atoms with E-state index < -0.39 is 24.0 Å². The number of ketones is 1. The second kappa shape index (κ2) is 14.5. The SMILES string of the molecule is C.CC(=O)c1cc2c(OC(=O)NCCCCC(=O)O)c3ccccc3c(OC(=O)CCCNCC(=O)O)c2o1. The molecule has 0 aliphatic heterocycles. The van der Waals surface area contributed by atoms with Gasteiger partial charge in [-0.2, -0.15) is 0 Å². The van der Waals surface area contributed by atoms with Gasteiger partial charge >= 0.3 is 24.0 Å². The summed E-state index contributed by atoms with van der Waals surface area (Å²) in [5.74, 6) is -2.76. The number of carbonyl (C=O) groups is 5. The monoisotopic (exact) mass is 544 g/mol. The summed E-state index contributed by atoms with van der Waals surface area (Å²) < 4.78 is 17.0. The fourth-order valence-corrected chi connectivity index (χ4v) is 3.70. The predicted molar refractivity (Wildman–Crippen MR) is 141 cm³/mol. The third-order valence-corrected chi connectivity index (χ3v) is 5.45. The number of Topliss-reactive ketones (excluding diaryl/α,β-unsaturated/α-hetero) is 1. The van der Waals surface area contributed by atoms with E-state index in [9.17, 15) is 24.0 Å². The molecule has 39 heavy (non-hydrogen) atoms. The lowest BCUT2D eigenvalue weighted by atomic mass is 10.0. The molecule has 1 amide bonds. The number of hydrogen-bond donors (Lipinski definition) is 4. The van der Waals surface area contributed by atoms with Crippen molar-refractivity contribution in [2.45, 2.75) is 46.5 Å². The fourth-order valence-electron chi connectivity index (χ4n) is 3.70. The van der Waals surface area contributed by atoms with Crippen LogP contribution in [0.2, 0.25) is 0 Å². The first-order valence-corrected chi connectivity index (χ1v) is 12.0. The van der Waals surface area contributed by atoms with E-state index in [1.165, 1.54) is 13.0 Å². The van der Waals surface area contributed by atoms with E-state index in [4.69, 9.17) is 24.1 Å².